The van der Waals surface area contributed by atoms with E-state index < -0.39 is 0 Å². The lowest BCUT2D eigenvalue weighted by atomic mass is 9.96. The molecule has 15 heavy (non-hydrogen) atoms. The van der Waals surface area contributed by atoms with Gasteiger partial charge in [-0.25, -0.2) is 0 Å². The molecule has 1 saturated heterocycles. The fourth-order valence-corrected chi connectivity index (χ4v) is 3.19. The molecule has 0 spiro atoms. The van der Waals surface area contributed by atoms with Gasteiger partial charge < -0.3 is 10.6 Å². The molecule has 0 radical (unpaired) electrons. The van der Waals surface area contributed by atoms with Gasteiger partial charge in [0.05, 0.1) is 0 Å². The van der Waals surface area contributed by atoms with Crippen molar-refractivity contribution in [3.8, 4) is 0 Å². The fraction of sp³-hybridized carbons (Fsp3) is 1.00. The number of hydrogen-bond acceptors (Lipinski definition) is 2. The van der Waals surface area contributed by atoms with Gasteiger partial charge in [0.2, 0.25) is 0 Å². The maximum Gasteiger partial charge on any atom is 0.00953 e. The van der Waals surface area contributed by atoms with Crippen LogP contribution < -0.4 is 5.73 Å². The van der Waals surface area contributed by atoms with Gasteiger partial charge in [-0.05, 0) is 38.3 Å². The van der Waals surface area contributed by atoms with E-state index in [2.05, 4.69) is 4.90 Å². The first kappa shape index (κ1) is 11.4. The van der Waals surface area contributed by atoms with E-state index in [-0.39, 0.29) is 0 Å². The van der Waals surface area contributed by atoms with Crippen molar-refractivity contribution in [3.63, 3.8) is 0 Å². The Bertz CT molecular complexity index is 173. The van der Waals surface area contributed by atoms with Crippen LogP contribution in [-0.2, 0) is 0 Å². The van der Waals surface area contributed by atoms with Gasteiger partial charge >= 0.3 is 0 Å². The average molecular weight is 210 g/mol. The monoisotopic (exact) mass is 210 g/mol. The number of rotatable bonds is 2. The zero-order valence-corrected chi connectivity index (χ0v) is 9.96. The summed E-state index contributed by atoms with van der Waals surface area (Å²) in [6.07, 6.45) is 11.5. The maximum absolute atomic E-state index is 5.75. The van der Waals surface area contributed by atoms with Crippen molar-refractivity contribution in [2.24, 2.45) is 11.7 Å². The number of nitrogens with two attached hydrogens (primary N) is 1. The lowest BCUT2D eigenvalue weighted by Crippen LogP contribution is -2.34. The Morgan fingerprint density at radius 1 is 0.933 bits per heavy atom. The summed E-state index contributed by atoms with van der Waals surface area (Å²) in [5, 5.41) is 0. The highest BCUT2D eigenvalue weighted by Gasteiger charge is 2.27. The van der Waals surface area contributed by atoms with Gasteiger partial charge in [0.1, 0.15) is 0 Å². The molecule has 2 rings (SSSR count). The van der Waals surface area contributed by atoms with E-state index in [1.807, 2.05) is 0 Å². The van der Waals surface area contributed by atoms with Gasteiger partial charge in [0.15, 0.2) is 0 Å². The first-order valence-corrected chi connectivity index (χ1v) is 6.84. The molecule has 0 amide bonds. The maximum atomic E-state index is 5.75. The van der Waals surface area contributed by atoms with E-state index in [4.69, 9.17) is 5.73 Å². The highest BCUT2D eigenvalue weighted by molar-refractivity contribution is 4.82. The van der Waals surface area contributed by atoms with Crippen LogP contribution in [0.5, 0.6) is 0 Å². The molecule has 1 atom stereocenters. The van der Waals surface area contributed by atoms with Gasteiger partial charge in [-0.3, -0.25) is 0 Å². The highest BCUT2D eigenvalue weighted by atomic mass is 15.2. The summed E-state index contributed by atoms with van der Waals surface area (Å²) < 4.78 is 0. The summed E-state index contributed by atoms with van der Waals surface area (Å²) in [5.74, 6) is 0.787. The first-order valence-electron chi connectivity index (χ1n) is 6.84. The van der Waals surface area contributed by atoms with Crippen molar-refractivity contribution >= 4 is 0 Å². The van der Waals surface area contributed by atoms with E-state index in [1.54, 1.807) is 0 Å². The normalized spacial score (nSPS) is 31.4. The fourth-order valence-electron chi connectivity index (χ4n) is 3.19. The van der Waals surface area contributed by atoms with Crippen LogP contribution in [0.1, 0.15) is 51.4 Å². The topological polar surface area (TPSA) is 29.3 Å². The van der Waals surface area contributed by atoms with Crippen molar-refractivity contribution in [2.45, 2.75) is 57.4 Å². The second-order valence-corrected chi connectivity index (χ2v) is 5.38. The Morgan fingerprint density at radius 3 is 2.20 bits per heavy atom. The predicted molar refractivity (Wildman–Crippen MR) is 64.8 cm³/mol. The summed E-state index contributed by atoms with van der Waals surface area (Å²) in [6.45, 7) is 3.48. The second-order valence-electron chi connectivity index (χ2n) is 5.38. The largest absolute Gasteiger partial charge is 0.330 e. The minimum atomic E-state index is 0.787. The van der Waals surface area contributed by atoms with Crippen molar-refractivity contribution in [3.05, 3.63) is 0 Å². The molecule has 1 aliphatic carbocycles. The van der Waals surface area contributed by atoms with Crippen LogP contribution in [0, 0.1) is 5.92 Å². The molecular formula is C13H26N2. The van der Waals surface area contributed by atoms with Crippen LogP contribution in [0.2, 0.25) is 0 Å². The summed E-state index contributed by atoms with van der Waals surface area (Å²) in [5.41, 5.74) is 5.75. The van der Waals surface area contributed by atoms with E-state index in [1.165, 1.54) is 64.5 Å². The van der Waals surface area contributed by atoms with Crippen LogP contribution in [0.3, 0.4) is 0 Å². The SMILES string of the molecule is NCC1CCN(C2CCCCCCC2)C1. The van der Waals surface area contributed by atoms with Crippen molar-refractivity contribution in [1.29, 1.82) is 0 Å². The van der Waals surface area contributed by atoms with Gasteiger partial charge in [-0.2, -0.15) is 0 Å². The number of hydrogen-bond donors (Lipinski definition) is 1. The van der Waals surface area contributed by atoms with Crippen molar-refractivity contribution < 1.29 is 0 Å². The van der Waals surface area contributed by atoms with Gasteiger partial charge in [0, 0.05) is 12.6 Å². The molecule has 1 unspecified atom stereocenters. The zero-order valence-electron chi connectivity index (χ0n) is 9.96. The summed E-state index contributed by atoms with van der Waals surface area (Å²) in [7, 11) is 0. The average Bonchev–Trinajstić information content (AvgIpc) is 2.65. The molecule has 0 aromatic carbocycles. The minimum absolute atomic E-state index is 0.787. The lowest BCUT2D eigenvalue weighted by molar-refractivity contribution is 0.197. The van der Waals surface area contributed by atoms with Gasteiger partial charge in [0.25, 0.3) is 0 Å². The zero-order chi connectivity index (χ0) is 10.5. The van der Waals surface area contributed by atoms with Gasteiger partial charge in [-0.15, -0.1) is 0 Å². The third-order valence-corrected chi connectivity index (χ3v) is 4.24. The molecule has 0 aromatic rings. The summed E-state index contributed by atoms with van der Waals surface area (Å²) in [4.78, 5) is 2.73. The van der Waals surface area contributed by atoms with E-state index in [9.17, 15) is 0 Å². The van der Waals surface area contributed by atoms with Gasteiger partial charge in [-0.1, -0.05) is 32.1 Å². The Kier molecular flexibility index (Phi) is 4.45. The van der Waals surface area contributed by atoms with E-state index in [0.717, 1.165) is 18.5 Å². The molecule has 1 aliphatic heterocycles. The third-order valence-electron chi connectivity index (χ3n) is 4.24. The quantitative estimate of drug-likeness (QED) is 0.758. The van der Waals surface area contributed by atoms with Crippen LogP contribution in [0.15, 0.2) is 0 Å². The Hall–Kier alpha value is -0.0800. The number of nitrogens with zero attached hydrogens (tertiary/aromatic N) is 1. The minimum Gasteiger partial charge on any atom is -0.330 e. The molecule has 1 heterocycles. The lowest BCUT2D eigenvalue weighted by Gasteiger charge is -2.29. The van der Waals surface area contributed by atoms with Crippen LogP contribution >= 0.6 is 0 Å². The smallest absolute Gasteiger partial charge is 0.00953 e. The molecule has 88 valence electrons. The van der Waals surface area contributed by atoms with E-state index in [0.29, 0.717) is 0 Å². The third kappa shape index (κ3) is 3.18. The Labute approximate surface area is 94.2 Å². The Balaban J connectivity index is 1.80. The molecule has 0 bridgehead atoms. The highest BCUT2D eigenvalue weighted by Crippen LogP contribution is 2.26. The summed E-state index contributed by atoms with van der Waals surface area (Å²) in [6, 6.07) is 0.891. The van der Waals surface area contributed by atoms with E-state index >= 15 is 0 Å². The van der Waals surface area contributed by atoms with Crippen molar-refractivity contribution in [2.75, 3.05) is 19.6 Å². The molecular weight excluding hydrogens is 184 g/mol. The molecule has 2 aliphatic rings. The molecule has 2 fully saturated rings. The van der Waals surface area contributed by atoms with Crippen LogP contribution in [0.4, 0.5) is 0 Å². The predicted octanol–water partition coefficient (Wildman–Crippen LogP) is 2.38. The summed E-state index contributed by atoms with van der Waals surface area (Å²) >= 11 is 0. The molecule has 0 aromatic heterocycles. The van der Waals surface area contributed by atoms with Crippen LogP contribution in [0.25, 0.3) is 0 Å². The standard InChI is InChI=1S/C13H26N2/c14-10-12-8-9-15(11-12)13-6-4-2-1-3-5-7-13/h12-13H,1-11,14H2. The van der Waals surface area contributed by atoms with Crippen molar-refractivity contribution in [1.82, 2.24) is 4.90 Å². The second kappa shape index (κ2) is 5.86. The first-order chi connectivity index (χ1) is 7.40. The molecule has 2 nitrogen and oxygen atoms in total. The molecule has 1 saturated carbocycles. The Morgan fingerprint density at radius 2 is 1.60 bits per heavy atom. The number of likely N-dealkylation sites (tertiary alicyclic amines) is 1. The molecule has 2 N–H and O–H groups in total. The molecule has 2 heteroatoms. The van der Waals surface area contributed by atoms with Crippen LogP contribution in [-0.4, -0.2) is 30.6 Å².